The van der Waals surface area contributed by atoms with Crippen LogP contribution in [-0.2, 0) is 36.3 Å². The van der Waals surface area contributed by atoms with E-state index in [4.69, 9.17) is 14.5 Å². The van der Waals surface area contributed by atoms with Crippen LogP contribution in [0.4, 0.5) is 0 Å². The molecule has 1 aliphatic carbocycles. The van der Waals surface area contributed by atoms with Gasteiger partial charge < -0.3 is 24.0 Å². The molecule has 1 N–H and O–H groups in total. The Morgan fingerprint density at radius 1 is 1.05 bits per heavy atom. The summed E-state index contributed by atoms with van der Waals surface area (Å²) >= 11 is 0. The number of Topliss-reactive ketones (excluding diaryl/α,β-unsaturated/α-hetero) is 1. The number of aryl methyl sites for hydroxylation is 1. The number of hydrogen-bond acceptors (Lipinski definition) is 7. The van der Waals surface area contributed by atoms with Gasteiger partial charge in [0.05, 0.1) is 23.4 Å². The molecule has 2 aromatic heterocycles. The van der Waals surface area contributed by atoms with Gasteiger partial charge in [0.15, 0.2) is 17.3 Å². The molecule has 0 radical (unpaired) electrons. The largest absolute Gasteiger partial charge is 0.454 e. The molecule has 1 unspecified atom stereocenters. The molecule has 0 saturated carbocycles. The SMILES string of the molecule is CCC1(O)C(=O)CCCc2c1cc1n(c2=O)Cc2c-1nc1cc3c(cc1c2CCCN(C)Cc1ccccc1)OCO3. The van der Waals surface area contributed by atoms with E-state index in [1.807, 2.05) is 24.3 Å². The predicted octanol–water partition coefficient (Wildman–Crippen LogP) is 4.72. The summed E-state index contributed by atoms with van der Waals surface area (Å²) in [6.07, 6.45) is 3.27. The number of fused-ring (bicyclic) bond motifs is 6. The van der Waals surface area contributed by atoms with Crippen molar-refractivity contribution in [1.82, 2.24) is 14.5 Å². The average molecular weight is 566 g/mol. The molecule has 2 aromatic carbocycles. The Labute approximate surface area is 244 Å². The summed E-state index contributed by atoms with van der Waals surface area (Å²) in [6.45, 7) is 4.18. The first-order valence-corrected chi connectivity index (χ1v) is 14.9. The third-order valence-electron chi connectivity index (χ3n) is 9.17. The molecule has 7 rings (SSSR count). The van der Waals surface area contributed by atoms with Crippen molar-refractivity contribution in [2.45, 2.75) is 64.1 Å². The van der Waals surface area contributed by atoms with Crippen molar-refractivity contribution in [1.29, 1.82) is 0 Å². The molecule has 0 fully saturated rings. The van der Waals surface area contributed by atoms with Crippen LogP contribution in [0.2, 0.25) is 0 Å². The monoisotopic (exact) mass is 565 g/mol. The van der Waals surface area contributed by atoms with Crippen molar-refractivity contribution in [2.75, 3.05) is 20.4 Å². The minimum Gasteiger partial charge on any atom is -0.454 e. The Balaban J connectivity index is 1.31. The number of carbonyl (C=O) groups excluding carboxylic acids is 1. The summed E-state index contributed by atoms with van der Waals surface area (Å²) in [4.78, 5) is 34.4. The standard InChI is InChI=1S/C34H35N3O5/c1-3-34(40)26-16-28-32-25(19-37(28)33(39)23(26)11-7-13-31(34)38)22(12-8-14-36(2)18-21-9-5-4-6-10-21)24-15-29-30(42-20-41-29)17-27(24)35-32/h4-6,9-10,15-17,40H,3,7-8,11-14,18-20H2,1-2H3. The number of rotatable bonds is 7. The zero-order valence-electron chi connectivity index (χ0n) is 24.1. The van der Waals surface area contributed by atoms with Gasteiger partial charge >= 0.3 is 0 Å². The van der Waals surface area contributed by atoms with Gasteiger partial charge in [0.2, 0.25) is 6.79 Å². The Hall–Kier alpha value is -4.01. The van der Waals surface area contributed by atoms with E-state index in [9.17, 15) is 14.7 Å². The quantitative estimate of drug-likeness (QED) is 0.286. The fourth-order valence-electron chi connectivity index (χ4n) is 6.91. The van der Waals surface area contributed by atoms with Crippen molar-refractivity contribution in [3.8, 4) is 22.9 Å². The predicted molar refractivity (Wildman–Crippen MR) is 160 cm³/mol. The van der Waals surface area contributed by atoms with Gasteiger partial charge in [-0.1, -0.05) is 37.3 Å². The van der Waals surface area contributed by atoms with E-state index in [1.54, 1.807) is 11.5 Å². The summed E-state index contributed by atoms with van der Waals surface area (Å²) in [6, 6.07) is 16.2. The molecule has 0 saturated heterocycles. The highest BCUT2D eigenvalue weighted by atomic mass is 16.7. The van der Waals surface area contributed by atoms with Crippen LogP contribution in [0.5, 0.6) is 11.5 Å². The average Bonchev–Trinajstić information content (AvgIpc) is 3.57. The van der Waals surface area contributed by atoms with Gasteiger partial charge in [0, 0.05) is 41.1 Å². The van der Waals surface area contributed by atoms with Crippen molar-refractivity contribution in [3.63, 3.8) is 0 Å². The molecule has 0 bridgehead atoms. The van der Waals surface area contributed by atoms with Gasteiger partial charge in [-0.25, -0.2) is 4.98 Å². The van der Waals surface area contributed by atoms with Gasteiger partial charge in [-0.15, -0.1) is 0 Å². The van der Waals surface area contributed by atoms with Crippen molar-refractivity contribution >= 4 is 16.7 Å². The minimum atomic E-state index is -1.65. The summed E-state index contributed by atoms with van der Waals surface area (Å²) < 4.78 is 13.2. The third kappa shape index (κ3) is 4.32. The molecule has 42 heavy (non-hydrogen) atoms. The number of aliphatic hydroxyl groups is 1. The Bertz CT molecular complexity index is 1780. The molecule has 4 aromatic rings. The molecular weight excluding hydrogens is 530 g/mol. The molecule has 8 nitrogen and oxygen atoms in total. The van der Waals surface area contributed by atoms with Gasteiger partial charge in [0.1, 0.15) is 5.60 Å². The van der Waals surface area contributed by atoms with E-state index in [2.05, 4.69) is 36.2 Å². The van der Waals surface area contributed by atoms with Gasteiger partial charge in [-0.05, 0) is 69.0 Å². The summed E-state index contributed by atoms with van der Waals surface area (Å²) in [5.74, 6) is 1.15. The van der Waals surface area contributed by atoms with Crippen LogP contribution in [0, 0.1) is 0 Å². The highest BCUT2D eigenvalue weighted by molar-refractivity contribution is 5.92. The number of ketones is 1. The zero-order chi connectivity index (χ0) is 29.0. The summed E-state index contributed by atoms with van der Waals surface area (Å²) in [7, 11) is 2.14. The lowest BCUT2D eigenvalue weighted by Gasteiger charge is -2.26. The highest BCUT2D eigenvalue weighted by Gasteiger charge is 2.41. The molecule has 3 aliphatic rings. The number of nitrogens with zero attached hydrogens (tertiary/aromatic N) is 3. The number of pyridine rings is 2. The van der Waals surface area contributed by atoms with E-state index in [1.165, 1.54) is 5.56 Å². The van der Waals surface area contributed by atoms with Crippen molar-refractivity contribution < 1.29 is 19.4 Å². The normalized spacial score (nSPS) is 18.7. The second-order valence-electron chi connectivity index (χ2n) is 11.8. The number of benzene rings is 2. The van der Waals surface area contributed by atoms with Crippen LogP contribution in [0.25, 0.3) is 22.3 Å². The van der Waals surface area contributed by atoms with E-state index >= 15 is 0 Å². The fraction of sp³-hybridized carbons (Fsp3) is 0.382. The topological polar surface area (TPSA) is 93.9 Å². The molecule has 2 aliphatic heterocycles. The van der Waals surface area contributed by atoms with Gasteiger partial charge in [0.25, 0.3) is 5.56 Å². The molecule has 8 heteroatoms. The molecule has 216 valence electrons. The van der Waals surface area contributed by atoms with E-state index in [0.29, 0.717) is 47.7 Å². The number of ether oxygens (including phenoxy) is 2. The second-order valence-corrected chi connectivity index (χ2v) is 11.8. The highest BCUT2D eigenvalue weighted by Crippen LogP contribution is 2.43. The third-order valence-corrected chi connectivity index (χ3v) is 9.17. The molecule has 0 amide bonds. The van der Waals surface area contributed by atoms with Crippen molar-refractivity contribution in [2.24, 2.45) is 0 Å². The minimum absolute atomic E-state index is 0.131. The number of carbonyl (C=O) groups is 1. The Kier molecular flexibility index (Phi) is 6.63. The second kappa shape index (κ2) is 10.4. The maximum atomic E-state index is 13.9. The van der Waals surface area contributed by atoms with Crippen LogP contribution in [0.3, 0.4) is 0 Å². The molecule has 4 heterocycles. The van der Waals surface area contributed by atoms with E-state index < -0.39 is 5.60 Å². The zero-order valence-corrected chi connectivity index (χ0v) is 24.1. The van der Waals surface area contributed by atoms with Crippen molar-refractivity contribution in [3.05, 3.63) is 86.7 Å². The number of aromatic nitrogens is 2. The Morgan fingerprint density at radius 3 is 2.62 bits per heavy atom. The summed E-state index contributed by atoms with van der Waals surface area (Å²) in [5.41, 5.74) is 4.86. The smallest absolute Gasteiger partial charge is 0.254 e. The van der Waals surface area contributed by atoms with Gasteiger partial charge in [-0.3, -0.25) is 9.59 Å². The van der Waals surface area contributed by atoms with E-state index in [0.717, 1.165) is 53.7 Å². The molecular formula is C34H35N3O5. The van der Waals surface area contributed by atoms with Crippen LogP contribution in [0.1, 0.15) is 60.4 Å². The lowest BCUT2D eigenvalue weighted by molar-refractivity contribution is -0.138. The first-order valence-electron chi connectivity index (χ1n) is 14.9. The summed E-state index contributed by atoms with van der Waals surface area (Å²) in [5, 5.41) is 12.5. The van der Waals surface area contributed by atoms with Crippen LogP contribution < -0.4 is 15.0 Å². The lowest BCUT2D eigenvalue weighted by Crippen LogP contribution is -2.37. The lowest BCUT2D eigenvalue weighted by atomic mass is 9.84. The van der Waals surface area contributed by atoms with Crippen LogP contribution >= 0.6 is 0 Å². The van der Waals surface area contributed by atoms with Crippen LogP contribution in [-0.4, -0.2) is 45.7 Å². The first kappa shape index (κ1) is 26.9. The van der Waals surface area contributed by atoms with Gasteiger partial charge in [-0.2, -0.15) is 0 Å². The Morgan fingerprint density at radius 2 is 1.83 bits per heavy atom. The first-order chi connectivity index (χ1) is 20.4. The maximum absolute atomic E-state index is 13.9. The fourth-order valence-corrected chi connectivity index (χ4v) is 6.91. The number of hydrogen-bond donors (Lipinski definition) is 1. The van der Waals surface area contributed by atoms with E-state index in [-0.39, 0.29) is 31.0 Å². The molecule has 0 spiro atoms. The molecule has 1 atom stereocenters. The van der Waals surface area contributed by atoms with Crippen LogP contribution in [0.15, 0.2) is 53.3 Å². The maximum Gasteiger partial charge on any atom is 0.254 e.